The Morgan fingerprint density at radius 2 is 2.00 bits per heavy atom. The highest BCUT2D eigenvalue weighted by Crippen LogP contribution is 2.41. The quantitative estimate of drug-likeness (QED) is 0.257. The third-order valence-corrected chi connectivity index (χ3v) is 6.00. The third kappa shape index (κ3) is 5.83. The summed E-state index contributed by atoms with van der Waals surface area (Å²) in [6.45, 7) is 1.49. The molecule has 180 valence electrons. The van der Waals surface area contributed by atoms with Gasteiger partial charge in [0, 0.05) is 0 Å². The van der Waals surface area contributed by atoms with Crippen molar-refractivity contribution in [3.8, 4) is 11.5 Å². The van der Waals surface area contributed by atoms with E-state index < -0.39 is 23.6 Å². The smallest absolute Gasteiger partial charge is 0.416 e. The first-order valence-corrected chi connectivity index (χ1v) is 11.3. The van der Waals surface area contributed by atoms with Gasteiger partial charge in [0.15, 0.2) is 22.4 Å². The van der Waals surface area contributed by atoms with Crippen LogP contribution < -0.4 is 14.4 Å². The summed E-state index contributed by atoms with van der Waals surface area (Å²) < 4.78 is 54.8. The fourth-order valence-corrected chi connectivity index (χ4v) is 4.53. The third-order valence-electron chi connectivity index (χ3n) is 4.41. The summed E-state index contributed by atoms with van der Waals surface area (Å²) in [6, 6.07) is 7.38. The number of alkyl halides is 3. The Kier molecular flexibility index (Phi) is 8.11. The summed E-state index contributed by atoms with van der Waals surface area (Å²) >= 11 is 12.5. The number of esters is 1. The van der Waals surface area contributed by atoms with Gasteiger partial charge in [-0.3, -0.25) is 9.69 Å². The second-order valence-electron chi connectivity index (χ2n) is 6.69. The highest BCUT2D eigenvalue weighted by Gasteiger charge is 2.36. The highest BCUT2D eigenvalue weighted by molar-refractivity contribution is 8.27. The summed E-state index contributed by atoms with van der Waals surface area (Å²) in [6.07, 6.45) is -3.08. The zero-order valence-electron chi connectivity index (χ0n) is 17.8. The van der Waals surface area contributed by atoms with Gasteiger partial charge in [-0.25, -0.2) is 4.79 Å². The Morgan fingerprint density at radius 3 is 2.65 bits per heavy atom. The van der Waals surface area contributed by atoms with Crippen LogP contribution in [0.2, 0.25) is 5.02 Å². The number of rotatable bonds is 7. The minimum Gasteiger partial charge on any atom is -0.493 e. The molecule has 2 aromatic rings. The number of thiocarbonyl (C=S) groups is 1. The molecule has 6 nitrogen and oxygen atoms in total. The van der Waals surface area contributed by atoms with Crippen molar-refractivity contribution in [3.63, 3.8) is 0 Å². The molecule has 1 fully saturated rings. The largest absolute Gasteiger partial charge is 0.493 e. The predicted octanol–water partition coefficient (Wildman–Crippen LogP) is 5.72. The topological polar surface area (TPSA) is 65.1 Å². The van der Waals surface area contributed by atoms with E-state index in [1.807, 2.05) is 0 Å². The molecule has 1 aliphatic heterocycles. The molecule has 0 saturated carbocycles. The molecule has 0 unspecified atom stereocenters. The maximum Gasteiger partial charge on any atom is 0.416 e. The lowest BCUT2D eigenvalue weighted by atomic mass is 10.1. The average molecular weight is 532 g/mol. The van der Waals surface area contributed by atoms with Crippen molar-refractivity contribution >= 4 is 63.5 Å². The number of halogens is 4. The number of carbonyl (C=O) groups excluding carboxylic acids is 2. The molecule has 0 aliphatic carbocycles. The van der Waals surface area contributed by atoms with Crippen molar-refractivity contribution in [1.82, 2.24) is 0 Å². The molecule has 34 heavy (non-hydrogen) atoms. The van der Waals surface area contributed by atoms with Crippen LogP contribution in [-0.2, 0) is 20.5 Å². The second-order valence-corrected chi connectivity index (χ2v) is 8.78. The monoisotopic (exact) mass is 531 g/mol. The molecule has 1 amide bonds. The van der Waals surface area contributed by atoms with E-state index in [0.29, 0.717) is 5.56 Å². The number of anilines is 1. The highest BCUT2D eigenvalue weighted by atomic mass is 35.5. The van der Waals surface area contributed by atoms with E-state index in [1.165, 1.54) is 37.5 Å². The molecule has 12 heteroatoms. The molecule has 1 saturated heterocycles. The van der Waals surface area contributed by atoms with Crippen molar-refractivity contribution in [2.45, 2.75) is 13.1 Å². The summed E-state index contributed by atoms with van der Waals surface area (Å²) in [5.74, 6) is -0.836. The normalized spacial score (nSPS) is 15.1. The van der Waals surface area contributed by atoms with Crippen molar-refractivity contribution in [3.05, 3.63) is 57.5 Å². The summed E-state index contributed by atoms with van der Waals surface area (Å²) in [5.41, 5.74) is -0.424. The number of thioether (sulfide) groups is 1. The zero-order chi connectivity index (χ0) is 25.0. The van der Waals surface area contributed by atoms with Gasteiger partial charge < -0.3 is 14.2 Å². The number of amides is 1. The van der Waals surface area contributed by atoms with Gasteiger partial charge >= 0.3 is 12.1 Å². The van der Waals surface area contributed by atoms with E-state index in [2.05, 4.69) is 0 Å². The molecule has 1 heterocycles. The predicted molar refractivity (Wildman–Crippen MR) is 127 cm³/mol. The van der Waals surface area contributed by atoms with Crippen molar-refractivity contribution in [1.29, 1.82) is 0 Å². The number of hydrogen-bond acceptors (Lipinski definition) is 7. The molecule has 3 rings (SSSR count). The Balaban J connectivity index is 1.87. The SMILES string of the molecule is CCOC(=O)COc1c(Cl)cc(/C=C2/SC(=S)N(c3cccc(C(F)(F)F)c3)C2=O)cc1OC. The van der Waals surface area contributed by atoms with E-state index in [4.69, 9.17) is 38.0 Å². The molecule has 0 spiro atoms. The van der Waals surface area contributed by atoms with Crippen LogP contribution in [0, 0.1) is 0 Å². The molecular weight excluding hydrogens is 515 g/mol. The zero-order valence-corrected chi connectivity index (χ0v) is 20.2. The van der Waals surface area contributed by atoms with Gasteiger partial charge in [0.1, 0.15) is 0 Å². The Morgan fingerprint density at radius 1 is 1.26 bits per heavy atom. The summed E-state index contributed by atoms with van der Waals surface area (Å²) in [5, 5.41) is 0.114. The first-order valence-electron chi connectivity index (χ1n) is 9.66. The standard InChI is InChI=1S/C22H17ClF3NO5S2/c1-3-31-18(28)11-32-19-15(23)7-12(8-16(19)30-2)9-17-20(29)27(21(33)34-17)14-6-4-5-13(10-14)22(24,25)26/h4-10H,3,11H2,1-2H3/b17-9+. The molecule has 0 atom stereocenters. The summed E-state index contributed by atoms with van der Waals surface area (Å²) in [7, 11) is 1.37. The average Bonchev–Trinajstić information content (AvgIpc) is 3.05. The lowest BCUT2D eigenvalue weighted by Gasteiger charge is -2.16. The van der Waals surface area contributed by atoms with E-state index in [-0.39, 0.29) is 44.6 Å². The first-order chi connectivity index (χ1) is 16.0. The summed E-state index contributed by atoms with van der Waals surface area (Å²) in [4.78, 5) is 25.7. The van der Waals surface area contributed by atoms with Gasteiger partial charge in [-0.15, -0.1) is 0 Å². The van der Waals surface area contributed by atoms with Crippen LogP contribution >= 0.6 is 35.6 Å². The Labute approximate surface area is 207 Å². The van der Waals surface area contributed by atoms with Crippen molar-refractivity contribution in [2.24, 2.45) is 0 Å². The first kappa shape index (κ1) is 25.9. The molecule has 0 bridgehead atoms. The van der Waals surface area contributed by atoms with E-state index in [1.54, 1.807) is 6.92 Å². The van der Waals surface area contributed by atoms with Crippen LogP contribution in [0.1, 0.15) is 18.1 Å². The van der Waals surface area contributed by atoms with Gasteiger partial charge in [0.05, 0.1) is 34.9 Å². The van der Waals surface area contributed by atoms with E-state index >= 15 is 0 Å². The number of benzene rings is 2. The lowest BCUT2D eigenvalue weighted by Crippen LogP contribution is -2.27. The van der Waals surface area contributed by atoms with Crippen LogP contribution in [-0.4, -0.2) is 36.5 Å². The molecule has 0 N–H and O–H groups in total. The van der Waals surface area contributed by atoms with Crippen LogP contribution in [0.25, 0.3) is 6.08 Å². The number of hydrogen-bond donors (Lipinski definition) is 0. The van der Waals surface area contributed by atoms with Crippen molar-refractivity contribution < 1.29 is 37.0 Å². The lowest BCUT2D eigenvalue weighted by molar-refractivity contribution is -0.145. The maximum atomic E-state index is 13.1. The molecule has 0 radical (unpaired) electrons. The van der Waals surface area contributed by atoms with Gasteiger partial charge in [0.2, 0.25) is 0 Å². The van der Waals surface area contributed by atoms with Gasteiger partial charge in [-0.1, -0.05) is 41.6 Å². The number of ether oxygens (including phenoxy) is 3. The molecule has 1 aliphatic rings. The minimum absolute atomic E-state index is 0.0130. The van der Waals surface area contributed by atoms with Gasteiger partial charge in [0.25, 0.3) is 5.91 Å². The maximum absolute atomic E-state index is 13.1. The number of methoxy groups -OCH3 is 1. The van der Waals surface area contributed by atoms with Gasteiger partial charge in [-0.05, 0) is 48.9 Å². The van der Waals surface area contributed by atoms with Crippen LogP contribution in [0.3, 0.4) is 0 Å². The van der Waals surface area contributed by atoms with E-state index in [9.17, 15) is 22.8 Å². The Bertz CT molecular complexity index is 1170. The van der Waals surface area contributed by atoms with Crippen LogP contribution in [0.5, 0.6) is 11.5 Å². The molecular formula is C22H17ClF3NO5S2. The van der Waals surface area contributed by atoms with Crippen LogP contribution in [0.15, 0.2) is 41.3 Å². The van der Waals surface area contributed by atoms with Gasteiger partial charge in [-0.2, -0.15) is 13.2 Å². The van der Waals surface area contributed by atoms with Crippen molar-refractivity contribution in [2.75, 3.05) is 25.2 Å². The Hall–Kier alpha value is -2.76. The second kappa shape index (κ2) is 10.7. The number of carbonyl (C=O) groups is 2. The molecule has 0 aromatic heterocycles. The fraction of sp³-hybridized carbons (Fsp3) is 0.227. The van der Waals surface area contributed by atoms with Crippen LogP contribution in [0.4, 0.5) is 18.9 Å². The van der Waals surface area contributed by atoms with E-state index in [0.717, 1.165) is 28.8 Å². The minimum atomic E-state index is -4.56. The number of nitrogens with zero attached hydrogens (tertiary/aromatic N) is 1. The molecule has 2 aromatic carbocycles. The fourth-order valence-electron chi connectivity index (χ4n) is 2.96.